The maximum Gasteiger partial charge on any atom is 0.243 e. The highest BCUT2D eigenvalue weighted by Crippen LogP contribution is 2.19. The minimum absolute atomic E-state index is 0.125. The fraction of sp³-hybridized carbons (Fsp3) is 0.345. The van der Waals surface area contributed by atoms with Gasteiger partial charge in [0.2, 0.25) is 5.91 Å². The first-order valence-electron chi connectivity index (χ1n) is 12.4. The van der Waals surface area contributed by atoms with E-state index < -0.39 is 0 Å². The summed E-state index contributed by atoms with van der Waals surface area (Å²) in [6, 6.07) is 24.7. The van der Waals surface area contributed by atoms with Crippen LogP contribution in [0.15, 0.2) is 78.9 Å². The monoisotopic (exact) mass is 476 g/mol. The van der Waals surface area contributed by atoms with Crippen LogP contribution in [-0.2, 0) is 4.79 Å². The fourth-order valence-electron chi connectivity index (χ4n) is 3.45. The second-order valence-corrected chi connectivity index (χ2v) is 8.23. The summed E-state index contributed by atoms with van der Waals surface area (Å²) in [7, 11) is 0. The molecule has 3 aromatic rings. The molecule has 0 aromatic heterocycles. The first kappa shape index (κ1) is 25.9. The number of carbonyl (C=O) groups is 1. The highest BCUT2D eigenvalue weighted by Gasteiger charge is 2.04. The van der Waals surface area contributed by atoms with E-state index in [2.05, 4.69) is 17.6 Å². The van der Waals surface area contributed by atoms with Crippen molar-refractivity contribution in [2.24, 2.45) is 0 Å². The van der Waals surface area contributed by atoms with Crippen LogP contribution >= 0.6 is 0 Å². The van der Waals surface area contributed by atoms with Crippen molar-refractivity contribution < 1.29 is 19.0 Å². The molecular formula is C29H36N2O4. The van der Waals surface area contributed by atoms with Gasteiger partial charge in [-0.1, -0.05) is 56.9 Å². The summed E-state index contributed by atoms with van der Waals surface area (Å²) >= 11 is 0. The van der Waals surface area contributed by atoms with Gasteiger partial charge in [-0.2, -0.15) is 0 Å². The average molecular weight is 477 g/mol. The summed E-state index contributed by atoms with van der Waals surface area (Å²) in [6.45, 7) is 3.99. The van der Waals surface area contributed by atoms with Gasteiger partial charge in [0.1, 0.15) is 30.5 Å². The molecule has 0 saturated heterocycles. The first-order valence-corrected chi connectivity index (χ1v) is 12.4. The van der Waals surface area contributed by atoms with Crippen LogP contribution in [-0.4, -0.2) is 32.3 Å². The van der Waals surface area contributed by atoms with Gasteiger partial charge in [-0.25, -0.2) is 0 Å². The van der Waals surface area contributed by atoms with Gasteiger partial charge in [-0.3, -0.25) is 4.79 Å². The Kier molecular flexibility index (Phi) is 11.3. The zero-order valence-electron chi connectivity index (χ0n) is 20.5. The molecule has 0 spiro atoms. The first-order chi connectivity index (χ1) is 17.2. The van der Waals surface area contributed by atoms with Crippen molar-refractivity contribution in [3.8, 4) is 17.2 Å². The number of hydrogen-bond acceptors (Lipinski definition) is 5. The van der Waals surface area contributed by atoms with Crippen LogP contribution in [0.4, 0.5) is 11.4 Å². The van der Waals surface area contributed by atoms with Crippen LogP contribution < -0.4 is 24.8 Å². The molecule has 186 valence electrons. The quantitative estimate of drug-likeness (QED) is 0.230. The number of nitrogens with one attached hydrogen (secondary N) is 2. The molecule has 0 heterocycles. The molecule has 3 rings (SSSR count). The Bertz CT molecular complexity index is 993. The van der Waals surface area contributed by atoms with Gasteiger partial charge in [-0.05, 0) is 55.0 Å². The predicted molar refractivity (Wildman–Crippen MR) is 142 cm³/mol. The summed E-state index contributed by atoms with van der Waals surface area (Å²) in [5.41, 5.74) is 1.56. The van der Waals surface area contributed by atoms with Crippen LogP contribution in [0.3, 0.4) is 0 Å². The number of carbonyl (C=O) groups excluding carboxylic acids is 1. The number of anilines is 2. The zero-order chi connectivity index (χ0) is 24.6. The maximum absolute atomic E-state index is 12.4. The van der Waals surface area contributed by atoms with Crippen LogP contribution in [0, 0.1) is 0 Å². The van der Waals surface area contributed by atoms with Gasteiger partial charge in [-0.15, -0.1) is 0 Å². The van der Waals surface area contributed by atoms with Crippen molar-refractivity contribution in [1.29, 1.82) is 0 Å². The Morgan fingerprint density at radius 3 is 2.06 bits per heavy atom. The summed E-state index contributed by atoms with van der Waals surface area (Å²) in [4.78, 5) is 12.4. The van der Waals surface area contributed by atoms with Gasteiger partial charge in [0.05, 0.1) is 13.2 Å². The lowest BCUT2D eigenvalue weighted by molar-refractivity contribution is -0.114. The van der Waals surface area contributed by atoms with E-state index in [-0.39, 0.29) is 12.5 Å². The average Bonchev–Trinajstić information content (AvgIpc) is 2.89. The number of rotatable bonds is 16. The van der Waals surface area contributed by atoms with Crippen molar-refractivity contribution in [1.82, 2.24) is 0 Å². The minimum atomic E-state index is -0.125. The molecule has 1 amide bonds. The molecule has 0 atom stereocenters. The lowest BCUT2D eigenvalue weighted by Gasteiger charge is -2.11. The zero-order valence-corrected chi connectivity index (χ0v) is 20.5. The van der Waals surface area contributed by atoms with E-state index in [1.54, 1.807) is 0 Å². The molecule has 0 aliphatic heterocycles. The third-order valence-corrected chi connectivity index (χ3v) is 5.31. The van der Waals surface area contributed by atoms with Crippen LogP contribution in [0.1, 0.15) is 39.0 Å². The Morgan fingerprint density at radius 2 is 1.31 bits per heavy atom. The van der Waals surface area contributed by atoms with Crippen molar-refractivity contribution in [2.45, 2.75) is 39.0 Å². The number of ether oxygens (including phenoxy) is 3. The van der Waals surface area contributed by atoms with E-state index in [1.807, 2.05) is 78.9 Å². The predicted octanol–water partition coefficient (Wildman–Crippen LogP) is 6.54. The summed E-state index contributed by atoms with van der Waals surface area (Å²) in [5, 5.41) is 6.04. The molecule has 0 fully saturated rings. The molecule has 0 saturated carbocycles. The van der Waals surface area contributed by atoms with Crippen LogP contribution in [0.25, 0.3) is 0 Å². The normalized spacial score (nSPS) is 10.4. The fourth-order valence-corrected chi connectivity index (χ4v) is 3.45. The van der Waals surface area contributed by atoms with Crippen molar-refractivity contribution >= 4 is 17.3 Å². The Morgan fingerprint density at radius 1 is 0.657 bits per heavy atom. The Labute approximate surface area is 208 Å². The van der Waals surface area contributed by atoms with Crippen molar-refractivity contribution in [3.63, 3.8) is 0 Å². The van der Waals surface area contributed by atoms with E-state index in [0.717, 1.165) is 35.0 Å². The number of para-hydroxylation sites is 1. The van der Waals surface area contributed by atoms with Crippen LogP contribution in [0.2, 0.25) is 0 Å². The van der Waals surface area contributed by atoms with E-state index in [4.69, 9.17) is 14.2 Å². The minimum Gasteiger partial charge on any atom is -0.494 e. The lowest BCUT2D eigenvalue weighted by atomic mass is 10.2. The smallest absolute Gasteiger partial charge is 0.243 e. The largest absolute Gasteiger partial charge is 0.494 e. The molecule has 6 nitrogen and oxygen atoms in total. The van der Waals surface area contributed by atoms with Crippen molar-refractivity contribution in [3.05, 3.63) is 78.9 Å². The number of hydrogen-bond donors (Lipinski definition) is 2. The highest BCUT2D eigenvalue weighted by molar-refractivity contribution is 5.93. The molecule has 0 bridgehead atoms. The van der Waals surface area contributed by atoms with Crippen molar-refractivity contribution in [2.75, 3.05) is 37.0 Å². The molecule has 35 heavy (non-hydrogen) atoms. The summed E-state index contributed by atoms with van der Waals surface area (Å²) < 4.78 is 17.1. The van der Waals surface area contributed by atoms with Gasteiger partial charge in [0.25, 0.3) is 0 Å². The summed E-state index contributed by atoms with van der Waals surface area (Å²) in [5.74, 6) is 2.22. The standard InChI is InChI=1S/C29H36N2O4/c1-2-3-4-5-9-19-33-28-14-10-11-25(22-28)31-29(32)23-30-24-15-17-27(18-16-24)35-21-20-34-26-12-7-6-8-13-26/h6-8,10-18,22,30H,2-5,9,19-21,23H2,1H3,(H,31,32). The molecular weight excluding hydrogens is 440 g/mol. The van der Waals surface area contributed by atoms with E-state index in [0.29, 0.717) is 19.8 Å². The van der Waals surface area contributed by atoms with E-state index >= 15 is 0 Å². The molecule has 6 heteroatoms. The molecule has 2 N–H and O–H groups in total. The lowest BCUT2D eigenvalue weighted by Crippen LogP contribution is -2.21. The maximum atomic E-state index is 12.4. The molecule has 3 aromatic carbocycles. The van der Waals surface area contributed by atoms with Gasteiger partial charge >= 0.3 is 0 Å². The highest BCUT2D eigenvalue weighted by atomic mass is 16.5. The second kappa shape index (κ2) is 15.3. The van der Waals surface area contributed by atoms with Gasteiger partial charge < -0.3 is 24.8 Å². The second-order valence-electron chi connectivity index (χ2n) is 8.23. The van der Waals surface area contributed by atoms with Gasteiger partial charge in [0, 0.05) is 17.4 Å². The Hall–Kier alpha value is -3.67. The van der Waals surface area contributed by atoms with Gasteiger partial charge in [0.15, 0.2) is 0 Å². The molecule has 0 unspecified atom stereocenters. The molecule has 0 aliphatic carbocycles. The topological polar surface area (TPSA) is 68.8 Å². The number of unbranched alkanes of at least 4 members (excludes halogenated alkanes) is 4. The number of benzene rings is 3. The van der Waals surface area contributed by atoms with E-state index in [9.17, 15) is 4.79 Å². The van der Waals surface area contributed by atoms with E-state index in [1.165, 1.54) is 25.7 Å². The van der Waals surface area contributed by atoms with Crippen LogP contribution in [0.5, 0.6) is 17.2 Å². The third-order valence-electron chi connectivity index (χ3n) is 5.31. The summed E-state index contributed by atoms with van der Waals surface area (Å²) in [6.07, 6.45) is 6.00. The molecule has 0 radical (unpaired) electrons. The molecule has 0 aliphatic rings. The third kappa shape index (κ3) is 10.4. The number of amides is 1. The Balaban J connectivity index is 1.32. The SMILES string of the molecule is CCCCCCCOc1cccc(NC(=O)CNc2ccc(OCCOc3ccccc3)cc2)c1.